The Labute approximate surface area is 83.3 Å². The van der Waals surface area contributed by atoms with Crippen LogP contribution < -0.4 is 9.47 Å². The molecule has 14 heavy (non-hydrogen) atoms. The van der Waals surface area contributed by atoms with E-state index in [1.54, 1.807) is 19.2 Å². The van der Waals surface area contributed by atoms with E-state index < -0.39 is 0 Å². The molecule has 0 saturated heterocycles. The molecule has 0 saturated carbocycles. The number of aliphatic hydroxyl groups excluding tert-OH is 1. The lowest BCUT2D eigenvalue weighted by Gasteiger charge is -2.02. The predicted molar refractivity (Wildman–Crippen MR) is 53.4 cm³/mol. The van der Waals surface area contributed by atoms with Gasteiger partial charge in [0.1, 0.15) is 24.7 Å². The maximum Gasteiger partial charge on any atom is 0.149 e. The van der Waals surface area contributed by atoms with Crippen molar-refractivity contribution in [2.24, 2.45) is 0 Å². The molecule has 0 radical (unpaired) electrons. The van der Waals surface area contributed by atoms with E-state index in [0.717, 1.165) is 11.5 Å². The summed E-state index contributed by atoms with van der Waals surface area (Å²) in [7, 11) is 1.61. The van der Waals surface area contributed by atoms with E-state index in [-0.39, 0.29) is 13.2 Å². The largest absolute Gasteiger partial charge is 0.497 e. The lowest BCUT2D eigenvalue weighted by Crippen LogP contribution is -1.94. The molecule has 1 rings (SSSR count). The van der Waals surface area contributed by atoms with Crippen LogP contribution in [-0.2, 0) is 0 Å². The van der Waals surface area contributed by atoms with Gasteiger partial charge >= 0.3 is 0 Å². The average molecular weight is 192 g/mol. The van der Waals surface area contributed by atoms with Gasteiger partial charge in [-0.3, -0.25) is 0 Å². The maximum atomic E-state index is 8.39. The molecule has 0 atom stereocenters. The summed E-state index contributed by atoms with van der Waals surface area (Å²) < 4.78 is 10.3. The third kappa shape index (κ3) is 3.38. The number of hydrogen-bond donors (Lipinski definition) is 1. The van der Waals surface area contributed by atoms with Gasteiger partial charge in [0.05, 0.1) is 7.11 Å². The minimum absolute atomic E-state index is 0.133. The molecule has 0 aliphatic carbocycles. The Morgan fingerprint density at radius 2 is 1.79 bits per heavy atom. The van der Waals surface area contributed by atoms with Crippen molar-refractivity contribution in [2.45, 2.75) is 0 Å². The Morgan fingerprint density at radius 3 is 2.36 bits per heavy atom. The summed E-state index contributed by atoms with van der Waals surface area (Å²) >= 11 is 0. The van der Waals surface area contributed by atoms with Gasteiger partial charge in [0.15, 0.2) is 0 Å². The fourth-order valence-electron chi connectivity index (χ4n) is 0.898. The highest BCUT2D eigenvalue weighted by atomic mass is 16.5. The molecule has 0 aliphatic heterocycles. The van der Waals surface area contributed by atoms with Crippen LogP contribution in [-0.4, -0.2) is 25.4 Å². The number of aliphatic hydroxyl groups is 1. The van der Waals surface area contributed by atoms with Crippen LogP contribution in [0.5, 0.6) is 11.5 Å². The first-order valence-corrected chi connectivity index (χ1v) is 4.20. The number of ether oxygens (including phenoxy) is 2. The first-order chi connectivity index (χ1) is 6.86. The molecule has 74 valence electrons. The minimum atomic E-state index is -0.133. The molecule has 0 unspecified atom stereocenters. The Morgan fingerprint density at radius 1 is 1.14 bits per heavy atom. The van der Waals surface area contributed by atoms with E-state index in [4.69, 9.17) is 14.6 Å². The second-order valence-electron chi connectivity index (χ2n) is 2.48. The fraction of sp³-hybridized carbons (Fsp3) is 0.273. The van der Waals surface area contributed by atoms with Crippen LogP contribution >= 0.6 is 0 Å². The standard InChI is InChI=1S/C11H12O3/c1-13-10-4-6-11(7-5-10)14-9-3-2-8-12/h4-7,12H,8-9H2,1H3. The van der Waals surface area contributed by atoms with E-state index in [2.05, 4.69) is 11.8 Å². The zero-order valence-electron chi connectivity index (χ0n) is 7.99. The SMILES string of the molecule is COc1ccc(OCC#CCO)cc1. The Kier molecular flexibility index (Phi) is 4.39. The average Bonchev–Trinajstić information content (AvgIpc) is 2.25. The Hall–Kier alpha value is -1.66. The quantitative estimate of drug-likeness (QED) is 0.728. The molecule has 0 fully saturated rings. The third-order valence-corrected chi connectivity index (χ3v) is 1.57. The van der Waals surface area contributed by atoms with Crippen LogP contribution in [0.25, 0.3) is 0 Å². The molecule has 0 bridgehead atoms. The van der Waals surface area contributed by atoms with Gasteiger partial charge < -0.3 is 14.6 Å². The van der Waals surface area contributed by atoms with Crippen molar-refractivity contribution in [3.05, 3.63) is 24.3 Å². The van der Waals surface area contributed by atoms with Crippen LogP contribution in [0.4, 0.5) is 0 Å². The van der Waals surface area contributed by atoms with Gasteiger partial charge in [-0.15, -0.1) is 0 Å². The zero-order valence-corrected chi connectivity index (χ0v) is 7.99. The summed E-state index contributed by atoms with van der Waals surface area (Å²) in [4.78, 5) is 0. The molecule has 1 aromatic carbocycles. The fourth-order valence-corrected chi connectivity index (χ4v) is 0.898. The van der Waals surface area contributed by atoms with Crippen LogP contribution in [0.3, 0.4) is 0 Å². The second-order valence-corrected chi connectivity index (χ2v) is 2.48. The number of methoxy groups -OCH3 is 1. The molecule has 0 amide bonds. The number of benzene rings is 1. The summed E-state index contributed by atoms with van der Waals surface area (Å²) in [6, 6.07) is 7.24. The van der Waals surface area contributed by atoms with Crippen LogP contribution in [0.1, 0.15) is 0 Å². The van der Waals surface area contributed by atoms with Crippen LogP contribution in [0.15, 0.2) is 24.3 Å². The molecular formula is C11H12O3. The van der Waals surface area contributed by atoms with Crippen molar-refractivity contribution in [1.82, 2.24) is 0 Å². The van der Waals surface area contributed by atoms with Gasteiger partial charge in [0, 0.05) is 0 Å². The van der Waals surface area contributed by atoms with Gasteiger partial charge in [-0.25, -0.2) is 0 Å². The molecule has 3 nitrogen and oxygen atoms in total. The highest BCUT2D eigenvalue weighted by molar-refractivity contribution is 5.31. The van der Waals surface area contributed by atoms with E-state index in [0.29, 0.717) is 0 Å². The molecule has 1 aromatic rings. The first-order valence-electron chi connectivity index (χ1n) is 4.20. The molecule has 1 N–H and O–H groups in total. The second kappa shape index (κ2) is 5.90. The van der Waals surface area contributed by atoms with E-state index >= 15 is 0 Å². The molecule has 0 aliphatic rings. The van der Waals surface area contributed by atoms with Crippen molar-refractivity contribution in [3.8, 4) is 23.3 Å². The predicted octanol–water partition coefficient (Wildman–Crippen LogP) is 1.07. The highest BCUT2D eigenvalue weighted by Gasteiger charge is 1.92. The number of hydrogen-bond acceptors (Lipinski definition) is 3. The van der Waals surface area contributed by atoms with E-state index in [1.165, 1.54) is 0 Å². The van der Waals surface area contributed by atoms with Gasteiger partial charge in [0.25, 0.3) is 0 Å². The van der Waals surface area contributed by atoms with Crippen molar-refractivity contribution >= 4 is 0 Å². The summed E-state index contributed by atoms with van der Waals surface area (Å²) in [5.41, 5.74) is 0. The van der Waals surface area contributed by atoms with Gasteiger partial charge in [0.2, 0.25) is 0 Å². The smallest absolute Gasteiger partial charge is 0.149 e. The molecule has 3 heteroatoms. The van der Waals surface area contributed by atoms with Gasteiger partial charge in [-0.05, 0) is 24.3 Å². The van der Waals surface area contributed by atoms with E-state index in [9.17, 15) is 0 Å². The summed E-state index contributed by atoms with van der Waals surface area (Å²) in [5, 5.41) is 8.39. The summed E-state index contributed by atoms with van der Waals surface area (Å²) in [6.45, 7) is 0.152. The van der Waals surface area contributed by atoms with Gasteiger partial charge in [-0.2, -0.15) is 0 Å². The topological polar surface area (TPSA) is 38.7 Å². The Bertz CT molecular complexity index is 319. The lowest BCUT2D eigenvalue weighted by molar-refractivity contribution is 0.347. The van der Waals surface area contributed by atoms with Crippen molar-refractivity contribution in [3.63, 3.8) is 0 Å². The van der Waals surface area contributed by atoms with Gasteiger partial charge in [-0.1, -0.05) is 11.8 Å². The molecule has 0 heterocycles. The maximum absolute atomic E-state index is 8.39. The summed E-state index contributed by atoms with van der Waals surface area (Å²) in [6.07, 6.45) is 0. The third-order valence-electron chi connectivity index (χ3n) is 1.57. The van der Waals surface area contributed by atoms with Crippen molar-refractivity contribution in [2.75, 3.05) is 20.3 Å². The lowest BCUT2D eigenvalue weighted by atomic mass is 10.3. The zero-order chi connectivity index (χ0) is 10.2. The highest BCUT2D eigenvalue weighted by Crippen LogP contribution is 2.16. The number of rotatable bonds is 3. The summed E-state index contributed by atoms with van der Waals surface area (Å²) in [5.74, 6) is 6.68. The molecular weight excluding hydrogens is 180 g/mol. The minimum Gasteiger partial charge on any atom is -0.497 e. The van der Waals surface area contributed by atoms with Crippen molar-refractivity contribution < 1.29 is 14.6 Å². The normalized spacial score (nSPS) is 8.71. The monoisotopic (exact) mass is 192 g/mol. The molecule has 0 aromatic heterocycles. The van der Waals surface area contributed by atoms with Crippen LogP contribution in [0.2, 0.25) is 0 Å². The first kappa shape index (κ1) is 10.4. The van der Waals surface area contributed by atoms with Crippen molar-refractivity contribution in [1.29, 1.82) is 0 Å². The molecule has 0 spiro atoms. The van der Waals surface area contributed by atoms with Crippen LogP contribution in [0, 0.1) is 11.8 Å². The van der Waals surface area contributed by atoms with E-state index in [1.807, 2.05) is 12.1 Å². The Balaban J connectivity index is 2.43.